The number of nitrogens with zero attached hydrogens (tertiary/aromatic N) is 3. The summed E-state index contributed by atoms with van der Waals surface area (Å²) in [5.74, 6) is 0.326. The number of amides is 1. The van der Waals surface area contributed by atoms with Crippen molar-refractivity contribution in [1.82, 2.24) is 19.4 Å². The van der Waals surface area contributed by atoms with Gasteiger partial charge in [-0.15, -0.1) is 0 Å². The molecule has 0 saturated heterocycles. The summed E-state index contributed by atoms with van der Waals surface area (Å²) in [7, 11) is -3.77. The van der Waals surface area contributed by atoms with Crippen LogP contribution in [0.25, 0.3) is 11.2 Å². The number of hydrazine groups is 1. The molecule has 1 aliphatic carbocycles. The van der Waals surface area contributed by atoms with Gasteiger partial charge in [0.15, 0.2) is 11.5 Å². The molecule has 0 atom stereocenters. The molecule has 1 aromatic carbocycles. The molecule has 2 aromatic heterocycles. The van der Waals surface area contributed by atoms with Crippen LogP contribution in [0, 0.1) is 12.8 Å². The number of benzene rings is 1. The molecule has 0 radical (unpaired) electrons. The Labute approximate surface area is 169 Å². The fourth-order valence-electron chi connectivity index (χ4n) is 3.56. The predicted octanol–water partition coefficient (Wildman–Crippen LogP) is 3.00. The Bertz CT molecular complexity index is 1130. The zero-order valence-electron chi connectivity index (χ0n) is 16.1. The fraction of sp³-hybridized carbons (Fsp3) is 0.350. The molecule has 4 rings (SSSR count). The molecule has 1 amide bonds. The van der Waals surface area contributed by atoms with Gasteiger partial charge in [0.05, 0.1) is 11.1 Å². The molecule has 0 bridgehead atoms. The minimum Gasteiger partial charge on any atom is -0.281 e. The van der Waals surface area contributed by atoms with E-state index in [9.17, 15) is 13.2 Å². The maximum absolute atomic E-state index is 12.9. The number of rotatable bonds is 5. The summed E-state index contributed by atoms with van der Waals surface area (Å²) in [5, 5.41) is 0. The van der Waals surface area contributed by atoms with Gasteiger partial charge in [0, 0.05) is 12.1 Å². The lowest BCUT2D eigenvalue weighted by atomic mass is 9.89. The van der Waals surface area contributed by atoms with Gasteiger partial charge in [-0.3, -0.25) is 15.6 Å². The van der Waals surface area contributed by atoms with E-state index in [1.165, 1.54) is 18.8 Å². The largest absolute Gasteiger partial charge is 0.281 e. The molecule has 0 unspecified atom stereocenters. The first-order valence-electron chi connectivity index (χ1n) is 9.67. The number of carbonyl (C=O) groups excluding carboxylic acids is 1. The molecule has 1 aliphatic rings. The second-order valence-corrected chi connectivity index (χ2v) is 9.16. The van der Waals surface area contributed by atoms with Gasteiger partial charge < -0.3 is 0 Å². The maximum Gasteiger partial charge on any atom is 0.269 e. The molecule has 2 heterocycles. The van der Waals surface area contributed by atoms with Crippen LogP contribution in [0.3, 0.4) is 0 Å². The highest BCUT2D eigenvalue weighted by atomic mass is 32.2. The number of hydrogen-bond acceptors (Lipinski definition) is 6. The number of hydrogen-bond donors (Lipinski definition) is 2. The zero-order chi connectivity index (χ0) is 20.4. The van der Waals surface area contributed by atoms with Crippen molar-refractivity contribution in [3.63, 3.8) is 0 Å². The van der Waals surface area contributed by atoms with Crippen LogP contribution in [0.1, 0.15) is 37.7 Å². The summed E-state index contributed by atoms with van der Waals surface area (Å²) >= 11 is 0. The molecular formula is C20H23N5O3S. The summed E-state index contributed by atoms with van der Waals surface area (Å²) < 4.78 is 27.0. The number of aryl methyl sites for hydroxylation is 1. The van der Waals surface area contributed by atoms with E-state index >= 15 is 0 Å². The molecule has 29 heavy (non-hydrogen) atoms. The minimum atomic E-state index is -3.77. The molecule has 3 aromatic rings. The Morgan fingerprint density at radius 2 is 1.83 bits per heavy atom. The van der Waals surface area contributed by atoms with Crippen molar-refractivity contribution in [3.05, 3.63) is 48.3 Å². The van der Waals surface area contributed by atoms with Gasteiger partial charge in [-0.1, -0.05) is 37.0 Å². The van der Waals surface area contributed by atoms with Crippen molar-refractivity contribution in [2.24, 2.45) is 5.92 Å². The lowest BCUT2D eigenvalue weighted by Crippen LogP contribution is -2.36. The van der Waals surface area contributed by atoms with Crippen molar-refractivity contribution in [1.29, 1.82) is 0 Å². The molecule has 152 valence electrons. The lowest BCUT2D eigenvalue weighted by Gasteiger charge is -2.20. The highest BCUT2D eigenvalue weighted by molar-refractivity contribution is 7.90. The van der Waals surface area contributed by atoms with E-state index in [0.717, 1.165) is 35.2 Å². The molecular weight excluding hydrogens is 390 g/mol. The second kappa shape index (κ2) is 7.82. The monoisotopic (exact) mass is 413 g/mol. The third-order valence-corrected chi connectivity index (χ3v) is 6.90. The molecule has 2 N–H and O–H groups in total. The van der Waals surface area contributed by atoms with Crippen LogP contribution in [0.4, 0.5) is 5.82 Å². The Kier molecular flexibility index (Phi) is 5.23. The smallest absolute Gasteiger partial charge is 0.269 e. The number of carbonyl (C=O) groups is 1. The maximum atomic E-state index is 12.9. The van der Waals surface area contributed by atoms with Crippen molar-refractivity contribution >= 4 is 32.9 Å². The molecule has 0 aliphatic heterocycles. The van der Waals surface area contributed by atoms with Crippen LogP contribution in [0.5, 0.6) is 0 Å². The average Bonchev–Trinajstić information content (AvgIpc) is 3.17. The Balaban J connectivity index is 1.53. The average molecular weight is 414 g/mol. The summed E-state index contributed by atoms with van der Waals surface area (Å²) in [6, 6.07) is 8.23. The Morgan fingerprint density at radius 3 is 2.55 bits per heavy atom. The van der Waals surface area contributed by atoms with Crippen LogP contribution < -0.4 is 10.9 Å². The van der Waals surface area contributed by atoms with Gasteiger partial charge in [0.25, 0.3) is 10.0 Å². The Morgan fingerprint density at radius 1 is 1.10 bits per heavy atom. The third kappa shape index (κ3) is 3.95. The number of nitrogens with one attached hydrogen (secondary N) is 2. The van der Waals surface area contributed by atoms with Crippen LogP contribution >= 0.6 is 0 Å². The number of anilines is 1. The van der Waals surface area contributed by atoms with E-state index in [1.807, 2.05) is 6.92 Å². The van der Waals surface area contributed by atoms with Crippen LogP contribution in [0.2, 0.25) is 0 Å². The van der Waals surface area contributed by atoms with Crippen molar-refractivity contribution < 1.29 is 13.2 Å². The van der Waals surface area contributed by atoms with E-state index in [4.69, 9.17) is 0 Å². The van der Waals surface area contributed by atoms with Gasteiger partial charge in [-0.05, 0) is 38.0 Å². The first kappa shape index (κ1) is 19.4. The van der Waals surface area contributed by atoms with Gasteiger partial charge in [-0.25, -0.2) is 22.4 Å². The summed E-state index contributed by atoms with van der Waals surface area (Å²) in [4.78, 5) is 21.0. The van der Waals surface area contributed by atoms with E-state index in [1.54, 1.807) is 30.3 Å². The van der Waals surface area contributed by atoms with Gasteiger partial charge in [-0.2, -0.15) is 0 Å². The Hall–Kier alpha value is -2.94. The number of aromatic nitrogens is 3. The third-order valence-electron chi connectivity index (χ3n) is 5.22. The second-order valence-electron chi connectivity index (χ2n) is 7.34. The first-order chi connectivity index (χ1) is 13.9. The summed E-state index contributed by atoms with van der Waals surface area (Å²) in [6.45, 7) is 1.90. The zero-order valence-corrected chi connectivity index (χ0v) is 16.9. The predicted molar refractivity (Wildman–Crippen MR) is 110 cm³/mol. The van der Waals surface area contributed by atoms with E-state index in [0.29, 0.717) is 11.3 Å². The van der Waals surface area contributed by atoms with Crippen molar-refractivity contribution in [3.8, 4) is 0 Å². The van der Waals surface area contributed by atoms with Crippen LogP contribution in [0.15, 0.2) is 47.6 Å². The van der Waals surface area contributed by atoms with E-state index in [2.05, 4.69) is 20.8 Å². The summed E-state index contributed by atoms with van der Waals surface area (Å²) in [6.07, 6.45) is 7.98. The molecule has 1 fully saturated rings. The topological polar surface area (TPSA) is 106 Å². The van der Waals surface area contributed by atoms with Gasteiger partial charge in [0.2, 0.25) is 5.91 Å². The molecule has 0 spiro atoms. The van der Waals surface area contributed by atoms with Crippen molar-refractivity contribution in [2.45, 2.75) is 43.9 Å². The molecule has 8 nitrogen and oxygen atoms in total. The standard InChI is InChI=1S/C20H23N5O3S/c1-14-7-9-16(10-8-14)29(27,28)25-12-11-17-19(25)21-13-18(22-17)23-24-20(26)15-5-3-2-4-6-15/h7-13,15H,2-6H2,1H3,(H,22,23)(H,24,26). The quantitative estimate of drug-likeness (QED) is 0.623. The fourth-order valence-corrected chi connectivity index (χ4v) is 4.85. The molecule has 1 saturated carbocycles. The first-order valence-corrected chi connectivity index (χ1v) is 11.1. The number of fused-ring (bicyclic) bond motifs is 1. The van der Waals surface area contributed by atoms with Crippen molar-refractivity contribution in [2.75, 3.05) is 5.43 Å². The van der Waals surface area contributed by atoms with Crippen LogP contribution in [-0.4, -0.2) is 28.3 Å². The normalized spacial score (nSPS) is 15.3. The summed E-state index contributed by atoms with van der Waals surface area (Å²) in [5.41, 5.74) is 7.10. The van der Waals surface area contributed by atoms with Gasteiger partial charge >= 0.3 is 0 Å². The van der Waals surface area contributed by atoms with Crippen LogP contribution in [-0.2, 0) is 14.8 Å². The highest BCUT2D eigenvalue weighted by Gasteiger charge is 2.22. The minimum absolute atomic E-state index is 0.0219. The van der Waals surface area contributed by atoms with Gasteiger partial charge in [0.1, 0.15) is 5.52 Å². The SMILES string of the molecule is Cc1ccc(S(=O)(=O)n2ccc3nc(NNC(=O)C4CCCCC4)cnc32)cc1. The van der Waals surface area contributed by atoms with E-state index in [-0.39, 0.29) is 22.4 Å². The lowest BCUT2D eigenvalue weighted by molar-refractivity contribution is -0.125. The highest BCUT2D eigenvalue weighted by Crippen LogP contribution is 2.24. The van der Waals surface area contributed by atoms with E-state index < -0.39 is 10.0 Å². The molecule has 9 heteroatoms.